The van der Waals surface area contributed by atoms with Crippen LogP contribution in [0.15, 0.2) is 53.4 Å². The second-order valence-electron chi connectivity index (χ2n) is 6.05. The van der Waals surface area contributed by atoms with Crippen molar-refractivity contribution in [1.29, 1.82) is 0 Å². The Bertz CT molecular complexity index is 806. The molecule has 0 bridgehead atoms. The molecule has 0 fully saturated rings. The van der Waals surface area contributed by atoms with Crippen molar-refractivity contribution in [2.24, 2.45) is 0 Å². The Hall–Kier alpha value is -1.82. The highest BCUT2D eigenvalue weighted by atomic mass is 35.5. The molecular formula is C20H21ClN2O2S. The summed E-state index contributed by atoms with van der Waals surface area (Å²) in [6.07, 6.45) is 0. The lowest BCUT2D eigenvalue weighted by atomic mass is 10.1. The maximum Gasteiger partial charge on any atom is 0.251 e. The van der Waals surface area contributed by atoms with Gasteiger partial charge in [0.25, 0.3) is 5.91 Å². The lowest BCUT2D eigenvalue weighted by Crippen LogP contribution is -2.46. The number of carbonyl (C=O) groups excluding carboxylic acids is 2. The summed E-state index contributed by atoms with van der Waals surface area (Å²) in [5.74, 6) is -0.390. The Labute approximate surface area is 163 Å². The van der Waals surface area contributed by atoms with Gasteiger partial charge >= 0.3 is 0 Å². The first kappa shape index (κ1) is 19.0. The molecule has 1 aliphatic heterocycles. The van der Waals surface area contributed by atoms with Gasteiger partial charge in [0.05, 0.1) is 12.2 Å². The predicted octanol–water partition coefficient (Wildman–Crippen LogP) is 4.39. The van der Waals surface area contributed by atoms with Crippen LogP contribution in [0.5, 0.6) is 0 Å². The maximum absolute atomic E-state index is 13.2. The van der Waals surface area contributed by atoms with E-state index in [4.69, 9.17) is 11.6 Å². The number of halogens is 1. The summed E-state index contributed by atoms with van der Waals surface area (Å²) < 4.78 is 0. The first-order valence-corrected chi connectivity index (χ1v) is 9.91. The van der Waals surface area contributed by atoms with Gasteiger partial charge in [-0.25, -0.2) is 4.90 Å². The molecule has 1 aliphatic rings. The Morgan fingerprint density at radius 3 is 2.42 bits per heavy atom. The van der Waals surface area contributed by atoms with E-state index < -0.39 is 5.25 Å². The minimum Gasteiger partial charge on any atom is -0.295 e. The number of carbonyl (C=O) groups is 2. The number of hydrogen-bond donors (Lipinski definition) is 0. The Balaban J connectivity index is 1.97. The second kappa shape index (κ2) is 8.25. The Morgan fingerprint density at radius 1 is 1.12 bits per heavy atom. The number of fused-ring (bicyclic) bond motifs is 1. The van der Waals surface area contributed by atoms with Gasteiger partial charge in [0, 0.05) is 9.92 Å². The fourth-order valence-corrected chi connectivity index (χ4v) is 4.29. The van der Waals surface area contributed by atoms with E-state index in [0.29, 0.717) is 10.7 Å². The molecule has 4 nitrogen and oxygen atoms in total. The third kappa shape index (κ3) is 3.80. The molecule has 0 aromatic heterocycles. The van der Waals surface area contributed by atoms with E-state index in [9.17, 15) is 9.59 Å². The standard InChI is InChI=1S/C20H21ClN2O2S/c1-3-22(4-2)13-18(24)23-16-7-5-6-8-17(16)26-19(20(23)25)14-9-11-15(21)12-10-14/h5-12,19H,3-4,13H2,1-2H3/t19-/m1/s1. The minimum absolute atomic E-state index is 0.189. The molecule has 0 spiro atoms. The first-order valence-electron chi connectivity index (χ1n) is 8.65. The normalized spacial score (nSPS) is 16.7. The summed E-state index contributed by atoms with van der Waals surface area (Å²) in [6, 6.07) is 14.8. The maximum atomic E-state index is 13.2. The average Bonchev–Trinajstić information content (AvgIpc) is 2.66. The van der Waals surface area contributed by atoms with Crippen molar-refractivity contribution >= 4 is 40.9 Å². The number of amides is 2. The van der Waals surface area contributed by atoms with E-state index in [2.05, 4.69) is 0 Å². The molecular weight excluding hydrogens is 368 g/mol. The molecule has 136 valence electrons. The average molecular weight is 389 g/mol. The number of anilines is 1. The molecule has 0 aliphatic carbocycles. The summed E-state index contributed by atoms with van der Waals surface area (Å²) in [5, 5.41) is 0.166. The summed E-state index contributed by atoms with van der Waals surface area (Å²) >= 11 is 7.45. The quantitative estimate of drug-likeness (QED) is 0.761. The molecule has 6 heteroatoms. The zero-order chi connectivity index (χ0) is 18.7. The van der Waals surface area contributed by atoms with E-state index >= 15 is 0 Å². The third-order valence-electron chi connectivity index (χ3n) is 4.47. The van der Waals surface area contributed by atoms with Crippen molar-refractivity contribution in [1.82, 2.24) is 4.90 Å². The van der Waals surface area contributed by atoms with Crippen LogP contribution in [0, 0.1) is 0 Å². The topological polar surface area (TPSA) is 40.6 Å². The van der Waals surface area contributed by atoms with Crippen LogP contribution in [0.1, 0.15) is 24.7 Å². The molecule has 2 amide bonds. The van der Waals surface area contributed by atoms with Gasteiger partial charge in [0.15, 0.2) is 0 Å². The molecule has 0 N–H and O–H groups in total. The van der Waals surface area contributed by atoms with Crippen molar-refractivity contribution in [3.63, 3.8) is 0 Å². The van der Waals surface area contributed by atoms with Crippen LogP contribution in [0.25, 0.3) is 0 Å². The van der Waals surface area contributed by atoms with Crippen molar-refractivity contribution < 1.29 is 9.59 Å². The molecule has 0 saturated carbocycles. The van der Waals surface area contributed by atoms with E-state index in [1.807, 2.05) is 55.1 Å². The number of imide groups is 1. The second-order valence-corrected chi connectivity index (χ2v) is 7.63. The van der Waals surface area contributed by atoms with E-state index in [-0.39, 0.29) is 18.4 Å². The van der Waals surface area contributed by atoms with Gasteiger partial charge in [0.1, 0.15) is 5.25 Å². The molecule has 1 atom stereocenters. The van der Waals surface area contributed by atoms with Crippen molar-refractivity contribution in [2.45, 2.75) is 24.0 Å². The number of benzene rings is 2. The van der Waals surface area contributed by atoms with Gasteiger partial charge in [-0.2, -0.15) is 0 Å². The number of hydrogen-bond acceptors (Lipinski definition) is 4. The van der Waals surface area contributed by atoms with E-state index in [1.165, 1.54) is 16.7 Å². The van der Waals surface area contributed by atoms with Gasteiger partial charge in [-0.15, -0.1) is 11.8 Å². The van der Waals surface area contributed by atoms with Crippen LogP contribution in [0.3, 0.4) is 0 Å². The fourth-order valence-electron chi connectivity index (χ4n) is 2.97. The lowest BCUT2D eigenvalue weighted by Gasteiger charge is -2.33. The zero-order valence-corrected chi connectivity index (χ0v) is 16.4. The van der Waals surface area contributed by atoms with Gasteiger partial charge < -0.3 is 0 Å². The summed E-state index contributed by atoms with van der Waals surface area (Å²) in [5.41, 5.74) is 1.52. The molecule has 1 heterocycles. The van der Waals surface area contributed by atoms with E-state index in [1.54, 1.807) is 12.1 Å². The largest absolute Gasteiger partial charge is 0.295 e. The SMILES string of the molecule is CCN(CC)CC(=O)N1C(=O)[C@@H](c2ccc(Cl)cc2)Sc2ccccc21. The smallest absolute Gasteiger partial charge is 0.251 e. The fraction of sp³-hybridized carbons (Fsp3) is 0.300. The summed E-state index contributed by atoms with van der Waals surface area (Å²) in [4.78, 5) is 30.5. The van der Waals surface area contributed by atoms with Crippen LogP contribution in [0.4, 0.5) is 5.69 Å². The molecule has 0 saturated heterocycles. The van der Waals surface area contributed by atoms with Crippen LogP contribution in [-0.4, -0.2) is 36.3 Å². The van der Waals surface area contributed by atoms with Gasteiger partial charge in [-0.05, 0) is 42.9 Å². The van der Waals surface area contributed by atoms with Crippen LogP contribution in [-0.2, 0) is 9.59 Å². The first-order chi connectivity index (χ1) is 12.5. The number of rotatable bonds is 5. The zero-order valence-electron chi connectivity index (χ0n) is 14.8. The van der Waals surface area contributed by atoms with Crippen molar-refractivity contribution in [3.05, 3.63) is 59.1 Å². The number of para-hydroxylation sites is 1. The molecule has 0 radical (unpaired) electrons. The highest BCUT2D eigenvalue weighted by Gasteiger charge is 2.38. The lowest BCUT2D eigenvalue weighted by molar-refractivity contribution is -0.127. The molecule has 26 heavy (non-hydrogen) atoms. The Morgan fingerprint density at radius 2 is 1.77 bits per heavy atom. The molecule has 3 rings (SSSR count). The third-order valence-corrected chi connectivity index (χ3v) is 6.03. The highest BCUT2D eigenvalue weighted by molar-refractivity contribution is 8.00. The minimum atomic E-state index is -0.456. The van der Waals surface area contributed by atoms with E-state index in [0.717, 1.165) is 23.5 Å². The van der Waals surface area contributed by atoms with Crippen molar-refractivity contribution in [3.8, 4) is 0 Å². The molecule has 2 aromatic rings. The Kier molecular flexibility index (Phi) is 6.01. The highest BCUT2D eigenvalue weighted by Crippen LogP contribution is 2.46. The number of likely N-dealkylation sites (N-methyl/N-ethyl adjacent to an activating group) is 1. The molecule has 0 unspecified atom stereocenters. The molecule has 2 aromatic carbocycles. The number of nitrogens with zero attached hydrogens (tertiary/aromatic N) is 2. The van der Waals surface area contributed by atoms with Crippen LogP contribution < -0.4 is 4.90 Å². The van der Waals surface area contributed by atoms with Gasteiger partial charge in [0.2, 0.25) is 5.91 Å². The van der Waals surface area contributed by atoms with Crippen LogP contribution in [0.2, 0.25) is 5.02 Å². The van der Waals surface area contributed by atoms with Gasteiger partial charge in [-0.1, -0.05) is 49.7 Å². The summed E-state index contributed by atoms with van der Waals surface area (Å²) in [6.45, 7) is 5.78. The van der Waals surface area contributed by atoms with Crippen LogP contribution >= 0.6 is 23.4 Å². The van der Waals surface area contributed by atoms with Crippen molar-refractivity contribution in [2.75, 3.05) is 24.5 Å². The predicted molar refractivity (Wildman–Crippen MR) is 107 cm³/mol. The number of thioether (sulfide) groups is 1. The van der Waals surface area contributed by atoms with Gasteiger partial charge in [-0.3, -0.25) is 14.5 Å². The monoisotopic (exact) mass is 388 g/mol. The summed E-state index contributed by atoms with van der Waals surface area (Å²) in [7, 11) is 0.